The van der Waals surface area contributed by atoms with Crippen LogP contribution in [0.3, 0.4) is 0 Å². The lowest BCUT2D eigenvalue weighted by molar-refractivity contribution is -0.274. The van der Waals surface area contributed by atoms with Gasteiger partial charge >= 0.3 is 12.5 Å². The number of carbonyl (C=O) groups excluding carboxylic acids is 1. The third-order valence-corrected chi connectivity index (χ3v) is 4.86. The molecule has 0 saturated heterocycles. The number of ether oxygens (including phenoxy) is 1. The number of hydrogen-bond donors (Lipinski definition) is 2. The molecule has 0 aliphatic rings. The highest BCUT2D eigenvalue weighted by Gasteiger charge is 2.38. The molecule has 1 amide bonds. The van der Waals surface area contributed by atoms with Gasteiger partial charge in [-0.15, -0.1) is 13.2 Å². The van der Waals surface area contributed by atoms with Crippen LogP contribution in [0.4, 0.5) is 32.0 Å². The third kappa shape index (κ3) is 4.83. The quantitative estimate of drug-likeness (QED) is 0.382. The van der Waals surface area contributed by atoms with E-state index in [0.717, 1.165) is 12.1 Å². The second kappa shape index (κ2) is 8.49. The van der Waals surface area contributed by atoms with Crippen molar-refractivity contribution in [2.45, 2.75) is 19.5 Å². The summed E-state index contributed by atoms with van der Waals surface area (Å²) in [6.07, 6.45) is -9.84. The number of aromatic nitrogens is 3. The highest BCUT2D eigenvalue weighted by Crippen LogP contribution is 2.38. The number of carbonyl (C=O) groups is 1. The zero-order valence-electron chi connectivity index (χ0n) is 17.6. The van der Waals surface area contributed by atoms with Crippen molar-refractivity contribution in [2.75, 3.05) is 5.32 Å². The molecular weight excluding hydrogens is 482 g/mol. The zero-order chi connectivity index (χ0) is 25.5. The lowest BCUT2D eigenvalue weighted by Gasteiger charge is -2.11. The Morgan fingerprint density at radius 1 is 1.03 bits per heavy atom. The maximum Gasteiger partial charge on any atom is 0.573 e. The fourth-order valence-corrected chi connectivity index (χ4v) is 3.49. The van der Waals surface area contributed by atoms with E-state index in [1.54, 1.807) is 6.07 Å². The Morgan fingerprint density at radius 3 is 2.34 bits per heavy atom. The number of nitrogens with zero attached hydrogens (tertiary/aromatic N) is 2. The predicted molar refractivity (Wildman–Crippen MR) is 112 cm³/mol. The van der Waals surface area contributed by atoms with Gasteiger partial charge in [0.15, 0.2) is 5.65 Å². The normalized spacial score (nSPS) is 12.1. The number of benzene rings is 2. The summed E-state index contributed by atoms with van der Waals surface area (Å²) in [5, 5.41) is 4.22. The lowest BCUT2D eigenvalue weighted by atomic mass is 10.1. The molecule has 4 aromatic rings. The first-order valence-corrected chi connectivity index (χ1v) is 9.80. The summed E-state index contributed by atoms with van der Waals surface area (Å²) >= 11 is 0. The molecule has 0 saturated carbocycles. The van der Waals surface area contributed by atoms with E-state index in [9.17, 15) is 35.9 Å². The van der Waals surface area contributed by atoms with Crippen molar-refractivity contribution in [3.8, 4) is 16.9 Å². The molecule has 0 fully saturated rings. The van der Waals surface area contributed by atoms with Crippen LogP contribution in [0.25, 0.3) is 16.8 Å². The van der Waals surface area contributed by atoms with Crippen molar-refractivity contribution < 1.29 is 35.9 Å². The minimum absolute atomic E-state index is 0.142. The van der Waals surface area contributed by atoms with Crippen LogP contribution in [-0.4, -0.2) is 26.9 Å². The van der Waals surface area contributed by atoms with Crippen LogP contribution in [0.2, 0.25) is 0 Å². The first kappa shape index (κ1) is 23.9. The second-order valence-corrected chi connectivity index (χ2v) is 7.29. The molecule has 0 unspecified atom stereocenters. The van der Waals surface area contributed by atoms with Crippen molar-refractivity contribution in [1.29, 1.82) is 0 Å². The number of amides is 1. The van der Waals surface area contributed by atoms with Crippen LogP contribution in [0.15, 0.2) is 59.4 Å². The summed E-state index contributed by atoms with van der Waals surface area (Å²) in [4.78, 5) is 29.9. The monoisotopic (exact) mass is 496 g/mol. The van der Waals surface area contributed by atoms with Crippen molar-refractivity contribution >= 4 is 17.2 Å². The maximum atomic E-state index is 13.8. The summed E-state index contributed by atoms with van der Waals surface area (Å²) in [6.45, 7) is 1.26. The van der Waals surface area contributed by atoms with Crippen molar-refractivity contribution in [3.63, 3.8) is 0 Å². The molecule has 0 aliphatic heterocycles. The average Bonchev–Trinajstić information content (AvgIpc) is 3.13. The second-order valence-electron chi connectivity index (χ2n) is 7.29. The van der Waals surface area contributed by atoms with E-state index < -0.39 is 41.0 Å². The standard InChI is InChI=1S/C22H14F6N4O3/c1-11-15(19(33)30-13-8-5-9-14(10-13)35-22(26,27)28)20(34)32-18(29-11)16(12-6-3-2-4-7-12)17(31-32)21(23,24)25/h2-10,31H,1H3,(H,30,33). The molecule has 7 nitrogen and oxygen atoms in total. The van der Waals surface area contributed by atoms with Gasteiger partial charge in [-0.25, -0.2) is 4.98 Å². The van der Waals surface area contributed by atoms with E-state index in [4.69, 9.17) is 0 Å². The Bertz CT molecular complexity index is 1470. The molecule has 2 aromatic carbocycles. The first-order valence-electron chi connectivity index (χ1n) is 9.80. The topological polar surface area (TPSA) is 88.5 Å². The molecule has 2 N–H and O–H groups in total. The van der Waals surface area contributed by atoms with Gasteiger partial charge in [0.25, 0.3) is 11.5 Å². The van der Waals surface area contributed by atoms with E-state index in [1.807, 2.05) is 5.10 Å². The number of aromatic amines is 1. The van der Waals surface area contributed by atoms with Crippen molar-refractivity contribution in [3.05, 3.63) is 81.9 Å². The molecule has 0 radical (unpaired) electrons. The maximum absolute atomic E-state index is 13.8. The average molecular weight is 496 g/mol. The van der Waals surface area contributed by atoms with Crippen LogP contribution in [0.1, 0.15) is 21.7 Å². The Hall–Kier alpha value is -4.29. The number of fused-ring (bicyclic) bond motifs is 1. The Morgan fingerprint density at radius 2 is 1.71 bits per heavy atom. The Kier molecular flexibility index (Phi) is 5.79. The van der Waals surface area contributed by atoms with Crippen molar-refractivity contribution in [2.24, 2.45) is 0 Å². The molecular formula is C22H14F6N4O3. The number of anilines is 1. The van der Waals surface area contributed by atoms with Gasteiger partial charge in [-0.1, -0.05) is 36.4 Å². The zero-order valence-corrected chi connectivity index (χ0v) is 17.6. The number of halogens is 6. The van der Waals surface area contributed by atoms with Gasteiger partial charge in [0, 0.05) is 11.8 Å². The Labute approximate surface area is 192 Å². The fourth-order valence-electron chi connectivity index (χ4n) is 3.49. The van der Waals surface area contributed by atoms with Crippen molar-refractivity contribution in [1.82, 2.24) is 14.6 Å². The van der Waals surface area contributed by atoms with Gasteiger partial charge in [0.2, 0.25) is 0 Å². The SMILES string of the molecule is Cc1nc2c(-c3ccccc3)c(C(F)(F)F)[nH]n2c(=O)c1C(=O)Nc1cccc(OC(F)(F)F)c1. The third-order valence-electron chi connectivity index (χ3n) is 4.86. The molecule has 0 atom stereocenters. The van der Waals surface area contributed by atoms with Crippen LogP contribution >= 0.6 is 0 Å². The number of H-pyrrole nitrogens is 1. The van der Waals surface area contributed by atoms with E-state index in [1.165, 1.54) is 43.3 Å². The highest BCUT2D eigenvalue weighted by atomic mass is 19.4. The Balaban J connectivity index is 1.80. The largest absolute Gasteiger partial charge is 0.573 e. The van der Waals surface area contributed by atoms with Gasteiger partial charge in [-0.05, 0) is 24.6 Å². The molecule has 2 heterocycles. The summed E-state index contributed by atoms with van der Waals surface area (Å²) in [7, 11) is 0. The smallest absolute Gasteiger partial charge is 0.406 e. The molecule has 0 spiro atoms. The van der Waals surface area contributed by atoms with Gasteiger partial charge in [-0.3, -0.25) is 14.7 Å². The van der Waals surface area contributed by atoms with Crippen LogP contribution in [0.5, 0.6) is 5.75 Å². The predicted octanol–water partition coefficient (Wildman–Crippen LogP) is 5.17. The van der Waals surface area contributed by atoms with Crippen LogP contribution in [0, 0.1) is 6.92 Å². The summed E-state index contributed by atoms with van der Waals surface area (Å²) in [5.74, 6) is -1.70. The molecule has 0 bridgehead atoms. The van der Waals surface area contributed by atoms with Gasteiger partial charge in [-0.2, -0.15) is 17.7 Å². The number of aryl methyl sites for hydroxylation is 1. The number of nitrogens with one attached hydrogen (secondary N) is 2. The lowest BCUT2D eigenvalue weighted by Crippen LogP contribution is -2.29. The fraction of sp³-hybridized carbons (Fsp3) is 0.136. The van der Waals surface area contributed by atoms with Gasteiger partial charge in [0.05, 0.1) is 11.3 Å². The molecule has 2 aromatic heterocycles. The molecule has 4 rings (SSSR count). The van der Waals surface area contributed by atoms with Gasteiger partial charge in [0.1, 0.15) is 17.0 Å². The summed E-state index contributed by atoms with van der Waals surface area (Å²) in [6, 6.07) is 11.7. The van der Waals surface area contributed by atoms with Crippen LogP contribution < -0.4 is 15.6 Å². The minimum Gasteiger partial charge on any atom is -0.406 e. The first-order chi connectivity index (χ1) is 16.3. The molecule has 0 aliphatic carbocycles. The molecule has 35 heavy (non-hydrogen) atoms. The summed E-state index contributed by atoms with van der Waals surface area (Å²) in [5.41, 5.74) is -3.86. The number of alkyl halides is 6. The van der Waals surface area contributed by atoms with E-state index in [-0.39, 0.29) is 28.2 Å². The highest BCUT2D eigenvalue weighted by molar-refractivity contribution is 6.05. The molecule has 13 heteroatoms. The van der Waals surface area contributed by atoms with E-state index in [2.05, 4.69) is 15.0 Å². The van der Waals surface area contributed by atoms with Crippen LogP contribution in [-0.2, 0) is 6.18 Å². The van der Waals surface area contributed by atoms with E-state index in [0.29, 0.717) is 4.52 Å². The number of rotatable bonds is 4. The van der Waals surface area contributed by atoms with E-state index >= 15 is 0 Å². The minimum atomic E-state index is -4.97. The van der Waals surface area contributed by atoms with Gasteiger partial charge < -0.3 is 10.1 Å². The molecule has 182 valence electrons. The number of hydrogen-bond acceptors (Lipinski definition) is 4. The summed E-state index contributed by atoms with van der Waals surface area (Å²) < 4.78 is 82.9.